The fourth-order valence-corrected chi connectivity index (χ4v) is 4.93. The highest BCUT2D eigenvalue weighted by molar-refractivity contribution is 5.86. The van der Waals surface area contributed by atoms with Crippen LogP contribution in [0.5, 0.6) is 0 Å². The Labute approximate surface area is 198 Å². The molecule has 0 spiro atoms. The molecule has 0 radical (unpaired) electrons. The number of carbonyl (C=O) groups is 3. The van der Waals surface area contributed by atoms with E-state index in [-0.39, 0.29) is 44.4 Å². The normalized spacial score (nSPS) is 17.4. The molecule has 2 aromatic carbocycles. The summed E-state index contributed by atoms with van der Waals surface area (Å²) in [5, 5.41) is 12.2. The SMILES string of the molecule is CC[C@H](NC(=O)OCC1c2ccccc2-c2ccccc21)C(=O)N1CCC(OC)(C(=O)O)CC1. The first kappa shape index (κ1) is 23.8. The predicted molar refractivity (Wildman–Crippen MR) is 125 cm³/mol. The van der Waals surface area contributed by atoms with E-state index >= 15 is 0 Å². The van der Waals surface area contributed by atoms with Crippen LogP contribution in [0, 0.1) is 0 Å². The minimum atomic E-state index is -1.27. The van der Waals surface area contributed by atoms with Gasteiger partial charge in [0, 0.05) is 39.0 Å². The van der Waals surface area contributed by atoms with Crippen LogP contribution < -0.4 is 5.32 Å². The van der Waals surface area contributed by atoms with E-state index in [1.54, 1.807) is 4.90 Å². The van der Waals surface area contributed by atoms with Crippen LogP contribution in [0.4, 0.5) is 4.79 Å². The van der Waals surface area contributed by atoms with Gasteiger partial charge in [-0.1, -0.05) is 55.5 Å². The molecule has 180 valence electrons. The Balaban J connectivity index is 1.36. The molecule has 2 N–H and O–H groups in total. The van der Waals surface area contributed by atoms with E-state index in [1.807, 2.05) is 43.3 Å². The van der Waals surface area contributed by atoms with E-state index in [2.05, 4.69) is 17.4 Å². The maximum absolute atomic E-state index is 13.0. The molecule has 2 aliphatic rings. The van der Waals surface area contributed by atoms with Gasteiger partial charge < -0.3 is 24.8 Å². The number of fused-ring (bicyclic) bond motifs is 3. The fourth-order valence-electron chi connectivity index (χ4n) is 4.93. The lowest BCUT2D eigenvalue weighted by atomic mass is 9.91. The number of carboxylic acids is 1. The van der Waals surface area contributed by atoms with E-state index in [0.29, 0.717) is 6.42 Å². The molecule has 0 aromatic heterocycles. The summed E-state index contributed by atoms with van der Waals surface area (Å²) in [5.41, 5.74) is 3.26. The number of benzene rings is 2. The Hall–Kier alpha value is -3.39. The van der Waals surface area contributed by atoms with Gasteiger partial charge in [-0.2, -0.15) is 0 Å². The second-order valence-electron chi connectivity index (χ2n) is 8.76. The summed E-state index contributed by atoms with van der Waals surface area (Å²) in [6.07, 6.45) is 0.155. The number of nitrogens with one attached hydrogen (secondary N) is 1. The summed E-state index contributed by atoms with van der Waals surface area (Å²) < 4.78 is 10.8. The molecule has 0 unspecified atom stereocenters. The first-order chi connectivity index (χ1) is 16.4. The molecule has 1 heterocycles. The topological polar surface area (TPSA) is 105 Å². The van der Waals surface area contributed by atoms with Crippen LogP contribution >= 0.6 is 0 Å². The Bertz CT molecular complexity index is 1030. The molecule has 8 heteroatoms. The van der Waals surface area contributed by atoms with Crippen molar-refractivity contribution in [2.24, 2.45) is 0 Å². The van der Waals surface area contributed by atoms with Crippen molar-refractivity contribution >= 4 is 18.0 Å². The smallest absolute Gasteiger partial charge is 0.407 e. The second kappa shape index (κ2) is 9.85. The molecule has 2 amide bonds. The van der Waals surface area contributed by atoms with Gasteiger partial charge in [0.15, 0.2) is 5.60 Å². The lowest BCUT2D eigenvalue weighted by Crippen LogP contribution is -2.56. The molecule has 1 aliphatic heterocycles. The molecule has 1 atom stereocenters. The van der Waals surface area contributed by atoms with Gasteiger partial charge in [-0.25, -0.2) is 9.59 Å². The third-order valence-electron chi connectivity index (χ3n) is 7.01. The van der Waals surface area contributed by atoms with Crippen LogP contribution in [0.3, 0.4) is 0 Å². The molecular formula is C26H30N2O6. The van der Waals surface area contributed by atoms with Crippen LogP contribution in [0.25, 0.3) is 11.1 Å². The molecule has 1 saturated heterocycles. The van der Waals surface area contributed by atoms with E-state index in [0.717, 1.165) is 22.3 Å². The van der Waals surface area contributed by atoms with Gasteiger partial charge in [0.1, 0.15) is 12.6 Å². The zero-order chi connectivity index (χ0) is 24.3. The number of rotatable bonds is 7. The molecule has 34 heavy (non-hydrogen) atoms. The number of likely N-dealkylation sites (tertiary alicyclic amines) is 1. The van der Waals surface area contributed by atoms with Crippen molar-refractivity contribution < 1.29 is 29.0 Å². The van der Waals surface area contributed by atoms with Crippen LogP contribution in [0.1, 0.15) is 43.2 Å². The highest BCUT2D eigenvalue weighted by atomic mass is 16.5. The van der Waals surface area contributed by atoms with E-state index in [4.69, 9.17) is 9.47 Å². The van der Waals surface area contributed by atoms with Gasteiger partial charge in [-0.05, 0) is 28.7 Å². The molecule has 2 aromatic rings. The first-order valence-electron chi connectivity index (χ1n) is 11.6. The van der Waals surface area contributed by atoms with Crippen molar-refractivity contribution in [3.8, 4) is 11.1 Å². The van der Waals surface area contributed by atoms with Crippen molar-refractivity contribution in [1.82, 2.24) is 10.2 Å². The summed E-state index contributed by atoms with van der Waals surface area (Å²) in [6, 6.07) is 15.4. The molecule has 0 bridgehead atoms. The standard InChI is InChI=1S/C26H30N2O6/c1-3-22(23(29)28-14-12-26(33-2,13-15-28)24(30)31)27-25(32)34-16-21-19-10-6-4-8-17(19)18-9-5-7-11-20(18)21/h4-11,21-22H,3,12-16H2,1-2H3,(H,27,32)(H,30,31)/t22-/m0/s1. The zero-order valence-electron chi connectivity index (χ0n) is 19.5. The van der Waals surface area contributed by atoms with Crippen LogP contribution in [0.2, 0.25) is 0 Å². The quantitative estimate of drug-likeness (QED) is 0.648. The number of aliphatic carboxylic acids is 1. The van der Waals surface area contributed by atoms with Crippen LogP contribution in [-0.4, -0.2) is 66.4 Å². The number of carbonyl (C=O) groups excluding carboxylic acids is 2. The first-order valence-corrected chi connectivity index (χ1v) is 11.6. The van der Waals surface area contributed by atoms with Crippen molar-refractivity contribution in [2.75, 3.05) is 26.8 Å². The monoisotopic (exact) mass is 466 g/mol. The number of amides is 2. The Morgan fingerprint density at radius 1 is 1.06 bits per heavy atom. The highest BCUT2D eigenvalue weighted by Crippen LogP contribution is 2.44. The van der Waals surface area contributed by atoms with E-state index in [1.165, 1.54) is 7.11 Å². The molecule has 1 fully saturated rings. The number of methoxy groups -OCH3 is 1. The van der Waals surface area contributed by atoms with Gasteiger partial charge in [0.05, 0.1) is 0 Å². The van der Waals surface area contributed by atoms with Crippen LogP contribution in [0.15, 0.2) is 48.5 Å². The van der Waals surface area contributed by atoms with Gasteiger partial charge in [0.2, 0.25) is 5.91 Å². The average molecular weight is 467 g/mol. The Morgan fingerprint density at radius 3 is 2.12 bits per heavy atom. The number of nitrogens with zero attached hydrogens (tertiary/aromatic N) is 1. The number of carboxylic acid groups (broad SMARTS) is 1. The van der Waals surface area contributed by atoms with Gasteiger partial charge in [0.25, 0.3) is 0 Å². The van der Waals surface area contributed by atoms with Crippen molar-refractivity contribution in [3.63, 3.8) is 0 Å². The molecule has 1 aliphatic carbocycles. The van der Waals surface area contributed by atoms with Crippen molar-refractivity contribution in [1.29, 1.82) is 0 Å². The lowest BCUT2D eigenvalue weighted by Gasteiger charge is -2.38. The van der Waals surface area contributed by atoms with Gasteiger partial charge in [-0.3, -0.25) is 4.79 Å². The maximum atomic E-state index is 13.0. The average Bonchev–Trinajstić information content (AvgIpc) is 3.19. The summed E-state index contributed by atoms with van der Waals surface area (Å²) in [6.45, 7) is 2.49. The summed E-state index contributed by atoms with van der Waals surface area (Å²) >= 11 is 0. The lowest BCUT2D eigenvalue weighted by molar-refractivity contribution is -0.170. The third kappa shape index (κ3) is 4.37. The minimum Gasteiger partial charge on any atom is -0.479 e. The van der Waals surface area contributed by atoms with E-state index in [9.17, 15) is 19.5 Å². The number of piperidine rings is 1. The molecule has 4 rings (SSSR count). The van der Waals surface area contributed by atoms with Gasteiger partial charge >= 0.3 is 12.1 Å². The van der Waals surface area contributed by atoms with Crippen molar-refractivity contribution in [3.05, 3.63) is 59.7 Å². The molecular weight excluding hydrogens is 436 g/mol. The fraction of sp³-hybridized carbons (Fsp3) is 0.423. The van der Waals surface area contributed by atoms with E-state index < -0.39 is 23.7 Å². The van der Waals surface area contributed by atoms with Crippen LogP contribution in [-0.2, 0) is 19.1 Å². The number of hydrogen-bond acceptors (Lipinski definition) is 5. The molecule has 0 saturated carbocycles. The largest absolute Gasteiger partial charge is 0.479 e. The second-order valence-corrected chi connectivity index (χ2v) is 8.76. The van der Waals surface area contributed by atoms with Crippen molar-refractivity contribution in [2.45, 2.75) is 43.7 Å². The highest BCUT2D eigenvalue weighted by Gasteiger charge is 2.43. The summed E-state index contributed by atoms with van der Waals surface area (Å²) in [5.74, 6) is -1.33. The van der Waals surface area contributed by atoms with Gasteiger partial charge in [-0.15, -0.1) is 0 Å². The summed E-state index contributed by atoms with van der Waals surface area (Å²) in [4.78, 5) is 38.7. The summed E-state index contributed by atoms with van der Waals surface area (Å²) in [7, 11) is 1.37. The number of hydrogen-bond donors (Lipinski definition) is 2. The number of ether oxygens (including phenoxy) is 2. The maximum Gasteiger partial charge on any atom is 0.407 e. The zero-order valence-corrected chi connectivity index (χ0v) is 19.5. The third-order valence-corrected chi connectivity index (χ3v) is 7.01. The molecule has 8 nitrogen and oxygen atoms in total. The Morgan fingerprint density at radius 2 is 1.62 bits per heavy atom. The predicted octanol–water partition coefficient (Wildman–Crippen LogP) is 3.40. The Kier molecular flexibility index (Phi) is 6.88. The minimum absolute atomic E-state index is 0.0609. The number of alkyl carbamates (subject to hydrolysis) is 1.